The molecule has 1 amide bonds. The zero-order valence-electron chi connectivity index (χ0n) is 18.0. The van der Waals surface area contributed by atoms with Crippen LogP contribution in [0.15, 0.2) is 24.3 Å². The number of carbonyl (C=O) groups is 1. The van der Waals surface area contributed by atoms with E-state index in [9.17, 15) is 4.79 Å². The van der Waals surface area contributed by atoms with Crippen molar-refractivity contribution in [3.05, 3.63) is 34.9 Å². The molecule has 3 rings (SSSR count). The zero-order valence-corrected chi connectivity index (χ0v) is 18.7. The summed E-state index contributed by atoms with van der Waals surface area (Å²) in [6.07, 6.45) is 4.72. The van der Waals surface area contributed by atoms with Crippen LogP contribution in [0.2, 0.25) is 5.02 Å². The minimum Gasteiger partial charge on any atom is -0.383 e. The van der Waals surface area contributed by atoms with Crippen molar-refractivity contribution in [2.24, 2.45) is 5.92 Å². The van der Waals surface area contributed by atoms with Gasteiger partial charge in [0.25, 0.3) is 5.91 Å². The van der Waals surface area contributed by atoms with E-state index >= 15 is 0 Å². The van der Waals surface area contributed by atoms with Crippen molar-refractivity contribution in [1.82, 2.24) is 14.7 Å². The Morgan fingerprint density at radius 1 is 1.14 bits per heavy atom. The van der Waals surface area contributed by atoms with E-state index in [-0.39, 0.29) is 5.91 Å². The van der Waals surface area contributed by atoms with Crippen molar-refractivity contribution in [2.75, 3.05) is 59.5 Å². The van der Waals surface area contributed by atoms with Crippen LogP contribution < -0.4 is 0 Å². The summed E-state index contributed by atoms with van der Waals surface area (Å²) in [5.41, 5.74) is 0.743. The third-order valence-electron chi connectivity index (χ3n) is 6.51. The van der Waals surface area contributed by atoms with E-state index in [0.29, 0.717) is 17.0 Å². The molecule has 5 nitrogen and oxygen atoms in total. The fourth-order valence-electron chi connectivity index (χ4n) is 4.71. The molecule has 2 saturated heterocycles. The summed E-state index contributed by atoms with van der Waals surface area (Å²) in [6, 6.07) is 7.83. The average molecular weight is 422 g/mol. The molecule has 0 aliphatic carbocycles. The van der Waals surface area contributed by atoms with Crippen LogP contribution in [0.25, 0.3) is 0 Å². The number of ether oxygens (including phenoxy) is 1. The second-order valence-corrected chi connectivity index (χ2v) is 8.86. The Kier molecular flexibility index (Phi) is 8.79. The second kappa shape index (κ2) is 11.3. The Morgan fingerprint density at radius 3 is 2.52 bits per heavy atom. The maximum Gasteiger partial charge on any atom is 0.253 e. The largest absolute Gasteiger partial charge is 0.383 e. The highest BCUT2D eigenvalue weighted by atomic mass is 35.5. The van der Waals surface area contributed by atoms with E-state index < -0.39 is 0 Å². The van der Waals surface area contributed by atoms with Crippen LogP contribution in [-0.4, -0.2) is 86.2 Å². The van der Waals surface area contributed by atoms with Gasteiger partial charge in [-0.15, -0.1) is 0 Å². The van der Waals surface area contributed by atoms with Crippen molar-refractivity contribution in [3.8, 4) is 0 Å². The van der Waals surface area contributed by atoms with Crippen molar-refractivity contribution in [1.29, 1.82) is 0 Å². The number of methoxy groups -OCH3 is 1. The average Bonchev–Trinajstić information content (AvgIpc) is 3.20. The summed E-state index contributed by atoms with van der Waals surface area (Å²) < 4.78 is 5.21. The van der Waals surface area contributed by atoms with Crippen LogP contribution in [0.3, 0.4) is 0 Å². The third-order valence-corrected chi connectivity index (χ3v) is 6.76. The molecule has 2 heterocycles. The van der Waals surface area contributed by atoms with Crippen LogP contribution in [0.4, 0.5) is 0 Å². The Hall–Kier alpha value is -1.14. The van der Waals surface area contributed by atoms with Crippen LogP contribution >= 0.6 is 11.6 Å². The molecular weight excluding hydrogens is 386 g/mol. The van der Waals surface area contributed by atoms with Gasteiger partial charge in [-0.1, -0.05) is 18.5 Å². The molecular formula is C23H36ClN3O2. The fraction of sp³-hybridized carbons (Fsp3) is 0.696. The normalized spacial score (nSPS) is 21.6. The van der Waals surface area contributed by atoms with Crippen LogP contribution in [0.5, 0.6) is 0 Å². The molecule has 0 N–H and O–H groups in total. The molecule has 2 aliphatic heterocycles. The summed E-state index contributed by atoms with van der Waals surface area (Å²) >= 11 is 6.03. The number of carbonyl (C=O) groups excluding carboxylic acids is 1. The number of benzene rings is 1. The van der Waals surface area contributed by atoms with E-state index in [4.69, 9.17) is 16.3 Å². The number of likely N-dealkylation sites (tertiary alicyclic amines) is 2. The minimum absolute atomic E-state index is 0.145. The number of halogens is 1. The number of amides is 1. The minimum atomic E-state index is 0.145. The molecule has 0 spiro atoms. The Labute approximate surface area is 180 Å². The highest BCUT2D eigenvalue weighted by Crippen LogP contribution is 2.23. The molecule has 2 aliphatic rings. The third kappa shape index (κ3) is 6.42. The first kappa shape index (κ1) is 22.5. The maximum atomic E-state index is 13.4. The fourth-order valence-corrected chi connectivity index (χ4v) is 4.84. The van der Waals surface area contributed by atoms with Crippen molar-refractivity contribution >= 4 is 17.5 Å². The molecule has 1 atom stereocenters. The van der Waals surface area contributed by atoms with E-state index in [1.807, 2.05) is 24.3 Å². The molecule has 0 bridgehead atoms. The summed E-state index contributed by atoms with van der Waals surface area (Å²) in [6.45, 7) is 10.1. The van der Waals surface area contributed by atoms with Gasteiger partial charge in [-0.3, -0.25) is 9.69 Å². The Bertz CT molecular complexity index is 632. The van der Waals surface area contributed by atoms with Crippen molar-refractivity contribution in [2.45, 2.75) is 38.6 Å². The summed E-state index contributed by atoms with van der Waals surface area (Å²) in [4.78, 5) is 20.5. The van der Waals surface area contributed by atoms with E-state index in [2.05, 4.69) is 21.6 Å². The molecule has 0 aromatic heterocycles. The van der Waals surface area contributed by atoms with Crippen molar-refractivity contribution in [3.63, 3.8) is 0 Å². The Balaban J connectivity index is 1.64. The summed E-state index contributed by atoms with van der Waals surface area (Å²) in [7, 11) is 1.76. The van der Waals surface area contributed by atoms with Gasteiger partial charge in [-0.2, -0.15) is 0 Å². The predicted molar refractivity (Wildman–Crippen MR) is 119 cm³/mol. The number of likely N-dealkylation sites (N-methyl/N-ethyl adjacent to an activating group) is 1. The molecule has 0 radical (unpaired) electrons. The Morgan fingerprint density at radius 2 is 1.86 bits per heavy atom. The number of hydrogen-bond donors (Lipinski definition) is 0. The quantitative estimate of drug-likeness (QED) is 0.610. The highest BCUT2D eigenvalue weighted by Gasteiger charge is 2.30. The summed E-state index contributed by atoms with van der Waals surface area (Å²) in [5.74, 6) is 0.716. The number of rotatable bonds is 9. The van der Waals surface area contributed by atoms with Crippen molar-refractivity contribution < 1.29 is 9.53 Å². The van der Waals surface area contributed by atoms with Gasteiger partial charge in [0.15, 0.2) is 0 Å². The van der Waals surface area contributed by atoms with Gasteiger partial charge in [0.2, 0.25) is 0 Å². The molecule has 1 aromatic carbocycles. The second-order valence-electron chi connectivity index (χ2n) is 8.42. The van der Waals surface area contributed by atoms with Crippen LogP contribution in [0.1, 0.15) is 43.0 Å². The maximum absolute atomic E-state index is 13.4. The van der Waals surface area contributed by atoms with Crippen LogP contribution in [-0.2, 0) is 4.74 Å². The number of piperidine rings is 1. The van der Waals surface area contributed by atoms with E-state index in [0.717, 1.165) is 70.8 Å². The molecule has 162 valence electrons. The molecule has 0 unspecified atom stereocenters. The topological polar surface area (TPSA) is 36.0 Å². The SMILES string of the molecule is CCN1CCC[C@@H]1CN(CC1CCN(CCOC)CC1)C(=O)c1ccc(Cl)cc1. The van der Waals surface area contributed by atoms with E-state index in [1.165, 1.54) is 12.8 Å². The lowest BCUT2D eigenvalue weighted by Gasteiger charge is -2.36. The van der Waals surface area contributed by atoms with Gasteiger partial charge >= 0.3 is 0 Å². The highest BCUT2D eigenvalue weighted by molar-refractivity contribution is 6.30. The molecule has 2 fully saturated rings. The first-order valence-corrected chi connectivity index (χ1v) is 11.5. The predicted octanol–water partition coefficient (Wildman–Crippen LogP) is 3.62. The standard InChI is InChI=1S/C23H36ClN3O2/c1-3-26-12-4-5-22(26)18-27(23(28)20-6-8-21(24)9-7-20)17-19-10-13-25(14-11-19)15-16-29-2/h6-9,19,22H,3-5,10-18H2,1-2H3/t22-/m1/s1. The lowest BCUT2D eigenvalue weighted by Crippen LogP contribution is -2.46. The molecule has 29 heavy (non-hydrogen) atoms. The van der Waals surface area contributed by atoms with Crippen LogP contribution in [0, 0.1) is 5.92 Å². The monoisotopic (exact) mass is 421 g/mol. The van der Waals surface area contributed by atoms with E-state index in [1.54, 1.807) is 7.11 Å². The lowest BCUT2D eigenvalue weighted by atomic mass is 9.95. The lowest BCUT2D eigenvalue weighted by molar-refractivity contribution is 0.0616. The first-order chi connectivity index (χ1) is 14.1. The summed E-state index contributed by atoms with van der Waals surface area (Å²) in [5, 5.41) is 0.671. The van der Waals surface area contributed by atoms with Gasteiger partial charge < -0.3 is 14.5 Å². The smallest absolute Gasteiger partial charge is 0.253 e. The molecule has 1 aromatic rings. The number of nitrogens with zero attached hydrogens (tertiary/aromatic N) is 3. The van der Waals surface area contributed by atoms with Gasteiger partial charge in [0.05, 0.1) is 6.61 Å². The van der Waals surface area contributed by atoms with Gasteiger partial charge in [0.1, 0.15) is 0 Å². The first-order valence-electron chi connectivity index (χ1n) is 11.1. The molecule has 6 heteroatoms. The molecule has 0 saturated carbocycles. The van der Waals surface area contributed by atoms with Gasteiger partial charge in [0, 0.05) is 43.4 Å². The van der Waals surface area contributed by atoms with Gasteiger partial charge in [-0.05, 0) is 82.0 Å². The number of hydrogen-bond acceptors (Lipinski definition) is 4. The van der Waals surface area contributed by atoms with Gasteiger partial charge in [-0.25, -0.2) is 0 Å². The zero-order chi connectivity index (χ0) is 20.6.